The van der Waals surface area contributed by atoms with Gasteiger partial charge in [0.2, 0.25) is 0 Å². The van der Waals surface area contributed by atoms with Crippen LogP contribution in [0.3, 0.4) is 0 Å². The molecule has 1 N–H and O–H groups in total. The number of aliphatic hydroxyl groups is 1. The summed E-state index contributed by atoms with van der Waals surface area (Å²) in [6.45, 7) is 12.5. The SMILES string of the molecule is CCCC(=O)C(CC)C(=O)[O-].CCCC(=O)C(CC)C(=O)[O-].CCCC(=O)C(CC)C(=O)[O-].CCO.[Ti+3]. The van der Waals surface area contributed by atoms with Crippen molar-refractivity contribution in [2.45, 2.75) is 106 Å². The fourth-order valence-electron chi connectivity index (χ4n) is 2.84. The van der Waals surface area contributed by atoms with Gasteiger partial charge in [0.15, 0.2) is 0 Å². The zero-order valence-corrected chi connectivity index (χ0v) is 25.0. The Kier molecular flexibility index (Phi) is 36.9. The molecule has 0 aromatic rings. The standard InChI is InChI=1S/3C8H14O3.C2H6O.Ti/c3*1-3-5-7(9)6(4-2)8(10)11;1-2-3;/h3*6H,3-5H2,1-2H3,(H,10,11);3H,2H2,1H3;/q;;;;+3/p-3. The molecule has 11 heteroatoms. The van der Waals surface area contributed by atoms with Crippen molar-refractivity contribution in [3.63, 3.8) is 0 Å². The van der Waals surface area contributed by atoms with Crippen LogP contribution < -0.4 is 15.3 Å². The number of hydrogen-bond donors (Lipinski definition) is 1. The molecule has 3 unspecified atom stereocenters. The second kappa shape index (κ2) is 30.3. The Hall–Kier alpha value is -1.91. The van der Waals surface area contributed by atoms with E-state index in [1.807, 2.05) is 20.8 Å². The first-order valence-electron chi connectivity index (χ1n) is 12.6. The Morgan fingerprint density at radius 2 is 0.676 bits per heavy atom. The van der Waals surface area contributed by atoms with Crippen LogP contribution in [-0.4, -0.2) is 47.0 Å². The Balaban J connectivity index is -0.000000129. The van der Waals surface area contributed by atoms with Crippen LogP contribution in [0, 0.1) is 17.8 Å². The molecule has 0 fully saturated rings. The van der Waals surface area contributed by atoms with Crippen LogP contribution in [-0.2, 0) is 50.5 Å². The van der Waals surface area contributed by atoms with Crippen LogP contribution >= 0.6 is 0 Å². The first kappa shape index (κ1) is 45.0. The van der Waals surface area contributed by atoms with Gasteiger partial charge in [-0.15, -0.1) is 0 Å². The van der Waals surface area contributed by atoms with Crippen molar-refractivity contribution in [3.05, 3.63) is 0 Å². The molecule has 0 aliphatic heterocycles. The number of ketones is 3. The topological polar surface area (TPSA) is 192 Å². The van der Waals surface area contributed by atoms with Gasteiger partial charge in [0.25, 0.3) is 0 Å². The van der Waals surface area contributed by atoms with Gasteiger partial charge < -0.3 is 34.8 Å². The Morgan fingerprint density at radius 3 is 0.757 bits per heavy atom. The third kappa shape index (κ3) is 25.5. The van der Waals surface area contributed by atoms with E-state index in [9.17, 15) is 44.1 Å². The first-order valence-corrected chi connectivity index (χ1v) is 12.6. The predicted octanol–water partition coefficient (Wildman–Crippen LogP) is 0.391. The zero-order valence-electron chi connectivity index (χ0n) is 23.4. The van der Waals surface area contributed by atoms with E-state index in [2.05, 4.69) is 0 Å². The minimum atomic E-state index is -1.24. The fraction of sp³-hybridized carbons (Fsp3) is 0.769. The van der Waals surface area contributed by atoms with Gasteiger partial charge >= 0.3 is 21.7 Å². The van der Waals surface area contributed by atoms with E-state index < -0.39 is 35.7 Å². The number of aliphatic carboxylic acids is 3. The average Bonchev–Trinajstić information content (AvgIpc) is 2.76. The number of carbonyl (C=O) groups excluding carboxylic acids is 6. The van der Waals surface area contributed by atoms with Gasteiger partial charge in [-0.1, -0.05) is 41.5 Å². The molecule has 10 nitrogen and oxygen atoms in total. The second-order valence-electron chi connectivity index (χ2n) is 7.80. The Morgan fingerprint density at radius 1 is 0.514 bits per heavy atom. The minimum absolute atomic E-state index is 0. The van der Waals surface area contributed by atoms with E-state index in [4.69, 9.17) is 5.11 Å². The van der Waals surface area contributed by atoms with Crippen LogP contribution in [0.4, 0.5) is 0 Å². The summed E-state index contributed by atoms with van der Waals surface area (Å²) >= 11 is 0. The van der Waals surface area contributed by atoms with Gasteiger partial charge in [-0.25, -0.2) is 0 Å². The summed E-state index contributed by atoms with van der Waals surface area (Å²) in [5.41, 5.74) is 0. The number of Topliss-reactive ketones (excluding diaryl/α,β-unsaturated/α-hetero) is 3. The van der Waals surface area contributed by atoms with E-state index in [0.29, 0.717) is 57.8 Å². The largest absolute Gasteiger partial charge is 3.00 e. The number of hydrogen-bond acceptors (Lipinski definition) is 10. The summed E-state index contributed by atoms with van der Waals surface area (Å²) in [4.78, 5) is 63.9. The van der Waals surface area contributed by atoms with Gasteiger partial charge in [-0.05, 0) is 45.4 Å². The van der Waals surface area contributed by atoms with Crippen molar-refractivity contribution >= 4 is 35.3 Å². The molecule has 1 radical (unpaired) electrons. The molecule has 0 saturated heterocycles. The second-order valence-corrected chi connectivity index (χ2v) is 7.80. The summed E-state index contributed by atoms with van der Waals surface area (Å²) in [6.07, 6.45) is 4.11. The molecular weight excluding hydrogens is 520 g/mol. The molecule has 0 rings (SSSR count). The molecule has 0 bridgehead atoms. The summed E-state index contributed by atoms with van der Waals surface area (Å²) in [5.74, 6) is -7.05. The smallest absolute Gasteiger partial charge is 0.549 e. The molecule has 0 saturated carbocycles. The number of aliphatic hydroxyl groups excluding tert-OH is 1. The quantitative estimate of drug-likeness (QED) is 0.215. The van der Waals surface area contributed by atoms with E-state index in [1.54, 1.807) is 27.7 Å². The maximum Gasteiger partial charge on any atom is 3.00 e. The van der Waals surface area contributed by atoms with E-state index in [-0.39, 0.29) is 45.7 Å². The van der Waals surface area contributed by atoms with Crippen LogP contribution in [0.15, 0.2) is 0 Å². The normalized spacial score (nSPS) is 11.7. The monoisotopic (exact) mass is 565 g/mol. The fourth-order valence-corrected chi connectivity index (χ4v) is 2.84. The summed E-state index contributed by atoms with van der Waals surface area (Å²) in [7, 11) is 0. The van der Waals surface area contributed by atoms with Crippen LogP contribution in [0.25, 0.3) is 0 Å². The van der Waals surface area contributed by atoms with Crippen molar-refractivity contribution in [1.29, 1.82) is 0 Å². The molecule has 0 heterocycles. The van der Waals surface area contributed by atoms with Crippen LogP contribution in [0.1, 0.15) is 106 Å². The minimum Gasteiger partial charge on any atom is -0.549 e. The van der Waals surface area contributed by atoms with Crippen LogP contribution in [0.5, 0.6) is 0 Å². The van der Waals surface area contributed by atoms with E-state index >= 15 is 0 Å². The Bertz CT molecular complexity index is 564. The summed E-state index contributed by atoms with van der Waals surface area (Å²) in [6, 6.07) is 0. The molecule has 0 amide bonds. The Labute approximate surface area is 236 Å². The molecule has 0 spiro atoms. The molecule has 37 heavy (non-hydrogen) atoms. The molecule has 3 atom stereocenters. The molecule has 213 valence electrons. The number of rotatable bonds is 15. The molecule has 0 aliphatic rings. The third-order valence-electron chi connectivity index (χ3n) is 4.73. The molecular formula is C26H45O10Ti. The van der Waals surface area contributed by atoms with Crippen molar-refractivity contribution in [1.82, 2.24) is 0 Å². The zero-order chi connectivity index (χ0) is 29.3. The number of carbonyl (C=O) groups is 6. The van der Waals surface area contributed by atoms with E-state index in [0.717, 1.165) is 0 Å². The van der Waals surface area contributed by atoms with Crippen molar-refractivity contribution in [2.24, 2.45) is 17.8 Å². The van der Waals surface area contributed by atoms with Gasteiger partial charge in [-0.3, -0.25) is 14.4 Å². The van der Waals surface area contributed by atoms with Crippen molar-refractivity contribution < 1.29 is 70.9 Å². The predicted molar refractivity (Wildman–Crippen MR) is 129 cm³/mol. The molecule has 0 aromatic heterocycles. The molecule has 0 aromatic carbocycles. The van der Waals surface area contributed by atoms with E-state index in [1.165, 1.54) is 0 Å². The van der Waals surface area contributed by atoms with Crippen molar-refractivity contribution in [2.75, 3.05) is 6.61 Å². The average molecular weight is 566 g/mol. The molecule has 0 aliphatic carbocycles. The maximum atomic E-state index is 11.0. The van der Waals surface area contributed by atoms with Gasteiger partial charge in [-0.2, -0.15) is 0 Å². The number of carboxylic acid groups (broad SMARTS) is 3. The van der Waals surface area contributed by atoms with Gasteiger partial charge in [0.1, 0.15) is 17.3 Å². The summed E-state index contributed by atoms with van der Waals surface area (Å²) < 4.78 is 0. The summed E-state index contributed by atoms with van der Waals surface area (Å²) in [5, 5.41) is 38.5. The third-order valence-corrected chi connectivity index (χ3v) is 4.73. The van der Waals surface area contributed by atoms with Gasteiger partial charge in [0.05, 0.1) is 35.7 Å². The van der Waals surface area contributed by atoms with Crippen molar-refractivity contribution in [3.8, 4) is 0 Å². The van der Waals surface area contributed by atoms with Gasteiger partial charge in [0, 0.05) is 25.9 Å². The van der Waals surface area contributed by atoms with Crippen LogP contribution in [0.2, 0.25) is 0 Å². The first-order chi connectivity index (χ1) is 16.8. The maximum absolute atomic E-state index is 11.0. The number of carboxylic acids is 3.